The van der Waals surface area contributed by atoms with E-state index in [-0.39, 0.29) is 6.04 Å². The molecular weight excluding hydrogens is 262 g/mol. The number of rotatable bonds is 3. The molecule has 1 aromatic rings. The molecule has 0 saturated carbocycles. The van der Waals surface area contributed by atoms with Crippen LogP contribution in [0.15, 0.2) is 29.2 Å². The van der Waals surface area contributed by atoms with Crippen molar-refractivity contribution < 1.29 is 13.2 Å². The van der Waals surface area contributed by atoms with Crippen LogP contribution < -0.4 is 0 Å². The van der Waals surface area contributed by atoms with Gasteiger partial charge in [0, 0.05) is 12.6 Å². The number of nitrogens with zero attached hydrogens (tertiary/aromatic N) is 1. The summed E-state index contributed by atoms with van der Waals surface area (Å²) in [6.07, 6.45) is 0. The highest BCUT2D eigenvalue weighted by Gasteiger charge is 2.31. The van der Waals surface area contributed by atoms with E-state index < -0.39 is 10.0 Å². The third-order valence-corrected chi connectivity index (χ3v) is 5.49. The van der Waals surface area contributed by atoms with Gasteiger partial charge in [0.1, 0.15) is 0 Å². The summed E-state index contributed by atoms with van der Waals surface area (Å²) in [6.45, 7) is 7.41. The van der Waals surface area contributed by atoms with Crippen LogP contribution in [0.25, 0.3) is 0 Å². The van der Waals surface area contributed by atoms with Crippen molar-refractivity contribution in [3.8, 4) is 0 Å². The molecule has 0 aromatic heterocycles. The van der Waals surface area contributed by atoms with Crippen LogP contribution in [0.4, 0.5) is 0 Å². The first kappa shape index (κ1) is 14.5. The van der Waals surface area contributed by atoms with E-state index in [9.17, 15) is 8.42 Å². The van der Waals surface area contributed by atoms with Crippen molar-refractivity contribution in [2.24, 2.45) is 0 Å². The molecule has 1 aromatic carbocycles. The number of morpholine rings is 1. The van der Waals surface area contributed by atoms with E-state index in [0.29, 0.717) is 30.6 Å². The van der Waals surface area contributed by atoms with Crippen LogP contribution in [-0.4, -0.2) is 38.5 Å². The molecule has 1 aliphatic rings. The Balaban J connectivity index is 2.28. The Bertz CT molecular complexity index is 522. The zero-order chi connectivity index (χ0) is 14.0. The summed E-state index contributed by atoms with van der Waals surface area (Å²) in [5, 5.41) is 0. The molecule has 0 bridgehead atoms. The van der Waals surface area contributed by atoms with Gasteiger partial charge in [0.2, 0.25) is 10.0 Å². The molecule has 0 spiro atoms. The standard InChI is InChI=1S/C14H21NO3S/c1-11(2)13-4-6-14(7-5-13)19(16,17)15-8-9-18-10-12(15)3/h4-7,11-12H,8-10H2,1-3H3. The van der Waals surface area contributed by atoms with Gasteiger partial charge in [0.05, 0.1) is 18.1 Å². The van der Waals surface area contributed by atoms with E-state index in [1.54, 1.807) is 12.1 Å². The average molecular weight is 283 g/mol. The van der Waals surface area contributed by atoms with Crippen molar-refractivity contribution >= 4 is 10.0 Å². The zero-order valence-corrected chi connectivity index (χ0v) is 12.5. The van der Waals surface area contributed by atoms with Gasteiger partial charge >= 0.3 is 0 Å². The highest BCUT2D eigenvalue weighted by atomic mass is 32.2. The molecule has 5 heteroatoms. The van der Waals surface area contributed by atoms with Crippen LogP contribution in [0.3, 0.4) is 0 Å². The van der Waals surface area contributed by atoms with E-state index in [0.717, 1.165) is 5.56 Å². The minimum Gasteiger partial charge on any atom is -0.378 e. The topological polar surface area (TPSA) is 46.6 Å². The third-order valence-electron chi connectivity index (χ3n) is 3.46. The van der Waals surface area contributed by atoms with Crippen molar-refractivity contribution in [2.45, 2.75) is 37.6 Å². The lowest BCUT2D eigenvalue weighted by molar-refractivity contribution is 0.0393. The lowest BCUT2D eigenvalue weighted by Gasteiger charge is -2.32. The molecule has 4 nitrogen and oxygen atoms in total. The number of sulfonamides is 1. The van der Waals surface area contributed by atoms with Gasteiger partial charge in [-0.15, -0.1) is 0 Å². The van der Waals surface area contributed by atoms with Crippen molar-refractivity contribution in [3.63, 3.8) is 0 Å². The molecule has 0 aliphatic carbocycles. The molecule has 1 fully saturated rings. The Morgan fingerprint density at radius 2 is 1.89 bits per heavy atom. The number of benzene rings is 1. The summed E-state index contributed by atoms with van der Waals surface area (Å²) in [5.74, 6) is 0.402. The highest BCUT2D eigenvalue weighted by Crippen LogP contribution is 2.22. The molecule has 0 N–H and O–H groups in total. The normalized spacial score (nSPS) is 21.8. The SMILES string of the molecule is CC(C)c1ccc(S(=O)(=O)N2CCOCC2C)cc1. The van der Waals surface area contributed by atoms with Gasteiger partial charge < -0.3 is 4.74 Å². The monoisotopic (exact) mass is 283 g/mol. The van der Waals surface area contributed by atoms with Gasteiger partial charge in [-0.05, 0) is 30.5 Å². The molecular formula is C14H21NO3S. The molecule has 1 saturated heterocycles. The predicted molar refractivity (Wildman–Crippen MR) is 74.7 cm³/mol. The Morgan fingerprint density at radius 3 is 2.42 bits per heavy atom. The number of ether oxygens (including phenoxy) is 1. The first-order chi connectivity index (χ1) is 8.93. The maximum absolute atomic E-state index is 12.5. The Hall–Kier alpha value is -0.910. The van der Waals surface area contributed by atoms with Gasteiger partial charge in [-0.2, -0.15) is 4.31 Å². The summed E-state index contributed by atoms with van der Waals surface area (Å²) < 4.78 is 31.9. The van der Waals surface area contributed by atoms with Gasteiger partial charge in [-0.25, -0.2) is 8.42 Å². The zero-order valence-electron chi connectivity index (χ0n) is 11.7. The van der Waals surface area contributed by atoms with Crippen LogP contribution in [0.5, 0.6) is 0 Å². The van der Waals surface area contributed by atoms with Crippen LogP contribution >= 0.6 is 0 Å². The fourth-order valence-electron chi connectivity index (χ4n) is 2.23. The maximum Gasteiger partial charge on any atom is 0.243 e. The van der Waals surface area contributed by atoms with Gasteiger partial charge in [-0.1, -0.05) is 26.0 Å². The third kappa shape index (κ3) is 2.99. The quantitative estimate of drug-likeness (QED) is 0.854. The van der Waals surface area contributed by atoms with Gasteiger partial charge in [0.25, 0.3) is 0 Å². The van der Waals surface area contributed by atoms with Crippen molar-refractivity contribution in [3.05, 3.63) is 29.8 Å². The molecule has 0 amide bonds. The van der Waals surface area contributed by atoms with Crippen LogP contribution in [-0.2, 0) is 14.8 Å². The summed E-state index contributed by atoms with van der Waals surface area (Å²) in [7, 11) is -3.40. The van der Waals surface area contributed by atoms with Crippen LogP contribution in [0.1, 0.15) is 32.3 Å². The molecule has 0 radical (unpaired) electrons. The van der Waals surface area contributed by atoms with Gasteiger partial charge in [-0.3, -0.25) is 0 Å². The van der Waals surface area contributed by atoms with E-state index in [2.05, 4.69) is 13.8 Å². The Morgan fingerprint density at radius 1 is 1.26 bits per heavy atom. The molecule has 1 heterocycles. The number of hydrogen-bond donors (Lipinski definition) is 0. The summed E-state index contributed by atoms with van der Waals surface area (Å²) in [4.78, 5) is 0.366. The Kier molecular flexibility index (Phi) is 4.28. The smallest absolute Gasteiger partial charge is 0.243 e. The second-order valence-corrected chi connectivity index (χ2v) is 7.15. The van der Waals surface area contributed by atoms with E-state index in [1.165, 1.54) is 4.31 Å². The summed E-state index contributed by atoms with van der Waals surface area (Å²) >= 11 is 0. The first-order valence-electron chi connectivity index (χ1n) is 6.62. The summed E-state index contributed by atoms with van der Waals surface area (Å²) in [6, 6.07) is 7.08. The first-order valence-corrected chi connectivity index (χ1v) is 8.06. The van der Waals surface area contributed by atoms with E-state index in [1.807, 2.05) is 19.1 Å². The fourth-order valence-corrected chi connectivity index (χ4v) is 3.83. The second kappa shape index (κ2) is 5.61. The molecule has 2 rings (SSSR count). The average Bonchev–Trinajstić information content (AvgIpc) is 2.39. The van der Waals surface area contributed by atoms with Crippen LogP contribution in [0, 0.1) is 0 Å². The molecule has 1 atom stereocenters. The lowest BCUT2D eigenvalue weighted by Crippen LogP contribution is -2.46. The minimum atomic E-state index is -3.40. The van der Waals surface area contributed by atoms with E-state index >= 15 is 0 Å². The van der Waals surface area contributed by atoms with Crippen molar-refractivity contribution in [1.82, 2.24) is 4.31 Å². The van der Waals surface area contributed by atoms with Crippen LogP contribution in [0.2, 0.25) is 0 Å². The number of hydrogen-bond acceptors (Lipinski definition) is 3. The Labute approximate surface area is 115 Å². The highest BCUT2D eigenvalue weighted by molar-refractivity contribution is 7.89. The molecule has 19 heavy (non-hydrogen) atoms. The van der Waals surface area contributed by atoms with Crippen molar-refractivity contribution in [2.75, 3.05) is 19.8 Å². The maximum atomic E-state index is 12.5. The predicted octanol–water partition coefficient (Wildman–Crippen LogP) is 2.22. The lowest BCUT2D eigenvalue weighted by atomic mass is 10.0. The largest absolute Gasteiger partial charge is 0.378 e. The van der Waals surface area contributed by atoms with Crippen molar-refractivity contribution in [1.29, 1.82) is 0 Å². The molecule has 1 aliphatic heterocycles. The summed E-state index contributed by atoms with van der Waals surface area (Å²) in [5.41, 5.74) is 1.15. The molecule has 106 valence electrons. The molecule has 1 unspecified atom stereocenters. The van der Waals surface area contributed by atoms with E-state index in [4.69, 9.17) is 4.74 Å². The second-order valence-electron chi connectivity index (χ2n) is 5.26. The minimum absolute atomic E-state index is 0.108. The van der Waals surface area contributed by atoms with Gasteiger partial charge in [0.15, 0.2) is 0 Å². The fraction of sp³-hybridized carbons (Fsp3) is 0.571.